The molecular formula is C63H48O6. The van der Waals surface area contributed by atoms with E-state index in [-0.39, 0.29) is 26.4 Å². The van der Waals surface area contributed by atoms with Gasteiger partial charge in [0.2, 0.25) is 0 Å². The summed E-state index contributed by atoms with van der Waals surface area (Å²) in [6.07, 6.45) is 2.32. The normalized spacial score (nSPS) is 12.1. The summed E-state index contributed by atoms with van der Waals surface area (Å²) in [5.41, 5.74) is 13.0. The van der Waals surface area contributed by atoms with E-state index in [9.17, 15) is 9.59 Å². The Balaban J connectivity index is 1.34. The molecule has 0 fully saturated rings. The highest BCUT2D eigenvalue weighted by atomic mass is 16.6. The summed E-state index contributed by atoms with van der Waals surface area (Å²) < 4.78 is 24.5. The van der Waals surface area contributed by atoms with E-state index in [1.807, 2.05) is 72.8 Å². The maximum atomic E-state index is 12.2. The lowest BCUT2D eigenvalue weighted by Crippen LogP contribution is -2.29. The van der Waals surface area contributed by atoms with Gasteiger partial charge >= 0.3 is 11.9 Å². The molecule has 0 radical (unpaired) electrons. The first-order valence-corrected chi connectivity index (χ1v) is 23.0. The third-order valence-electron chi connectivity index (χ3n) is 12.8. The van der Waals surface area contributed by atoms with Crippen LogP contribution in [0.2, 0.25) is 0 Å². The summed E-state index contributed by atoms with van der Waals surface area (Å²) >= 11 is 0. The SMILES string of the molecule is C=CC(=O)OCCOc1c(-c2ccccc2)cc(C2(c3cc(-c4ccccc4)c(OCCOC(=O)C=C)c(-c4ccccc4)c3)c3ccccc3-c3cc4ccccc4cc32)cc1-c1ccccc1. The van der Waals surface area contributed by atoms with E-state index in [0.29, 0.717) is 11.5 Å². The number of fused-ring (bicyclic) bond motifs is 4. The van der Waals surface area contributed by atoms with Gasteiger partial charge in [-0.2, -0.15) is 0 Å². The summed E-state index contributed by atoms with van der Waals surface area (Å²) in [6.45, 7) is 7.46. The lowest BCUT2D eigenvalue weighted by atomic mass is 9.65. The number of hydrogen-bond acceptors (Lipinski definition) is 6. The van der Waals surface area contributed by atoms with Crippen LogP contribution in [0.1, 0.15) is 22.3 Å². The Bertz CT molecular complexity index is 3060. The molecular weight excluding hydrogens is 853 g/mol. The summed E-state index contributed by atoms with van der Waals surface area (Å²) in [6, 6.07) is 72.4. The molecule has 9 aromatic carbocycles. The molecule has 1 aliphatic rings. The molecule has 0 atom stereocenters. The van der Waals surface area contributed by atoms with E-state index in [2.05, 4.69) is 147 Å². The second-order valence-corrected chi connectivity index (χ2v) is 16.7. The van der Waals surface area contributed by atoms with Gasteiger partial charge in [0.1, 0.15) is 37.9 Å². The van der Waals surface area contributed by atoms with Crippen molar-refractivity contribution < 1.29 is 28.5 Å². The molecule has 6 heteroatoms. The number of rotatable bonds is 16. The third kappa shape index (κ3) is 8.49. The van der Waals surface area contributed by atoms with E-state index in [0.717, 1.165) is 101 Å². The lowest BCUT2D eigenvalue weighted by Gasteiger charge is -2.36. The number of benzene rings is 9. The molecule has 1 aliphatic carbocycles. The van der Waals surface area contributed by atoms with Crippen LogP contribution in [-0.2, 0) is 24.5 Å². The number of carbonyl (C=O) groups excluding carboxylic acids is 2. The largest absolute Gasteiger partial charge is 0.489 e. The first kappa shape index (κ1) is 44.1. The van der Waals surface area contributed by atoms with Gasteiger partial charge in [0, 0.05) is 34.4 Å². The topological polar surface area (TPSA) is 71.1 Å². The molecule has 0 N–H and O–H groups in total. The van der Waals surface area contributed by atoms with Crippen molar-refractivity contribution in [1.82, 2.24) is 0 Å². The van der Waals surface area contributed by atoms with Crippen molar-refractivity contribution >= 4 is 22.7 Å². The predicted molar refractivity (Wildman–Crippen MR) is 276 cm³/mol. The molecule has 0 unspecified atom stereocenters. The van der Waals surface area contributed by atoms with Crippen LogP contribution in [0.25, 0.3) is 66.4 Å². The van der Waals surface area contributed by atoms with Crippen LogP contribution < -0.4 is 9.47 Å². The van der Waals surface area contributed by atoms with E-state index >= 15 is 0 Å². The van der Waals surface area contributed by atoms with Gasteiger partial charge in [-0.15, -0.1) is 0 Å². The van der Waals surface area contributed by atoms with Gasteiger partial charge in [0.15, 0.2) is 0 Å². The van der Waals surface area contributed by atoms with Crippen molar-refractivity contribution in [1.29, 1.82) is 0 Å². The van der Waals surface area contributed by atoms with E-state index in [4.69, 9.17) is 18.9 Å². The quantitative estimate of drug-likeness (QED) is 0.0546. The van der Waals surface area contributed by atoms with Gasteiger partial charge in [-0.05, 0) is 103 Å². The Kier molecular flexibility index (Phi) is 12.5. The van der Waals surface area contributed by atoms with Crippen LogP contribution in [0.15, 0.2) is 232 Å². The molecule has 0 aliphatic heterocycles. The maximum absolute atomic E-state index is 12.2. The first-order chi connectivity index (χ1) is 34.0. The van der Waals surface area contributed by atoms with Crippen LogP contribution in [0, 0.1) is 0 Å². The Morgan fingerprint density at radius 3 is 1.14 bits per heavy atom. The molecule has 0 spiro atoms. The highest BCUT2D eigenvalue weighted by molar-refractivity contribution is 5.98. The van der Waals surface area contributed by atoms with Crippen LogP contribution in [0.5, 0.6) is 11.5 Å². The van der Waals surface area contributed by atoms with Crippen molar-refractivity contribution in [3.63, 3.8) is 0 Å². The van der Waals surface area contributed by atoms with Gasteiger partial charge in [0.05, 0.1) is 5.41 Å². The molecule has 6 nitrogen and oxygen atoms in total. The third-order valence-corrected chi connectivity index (χ3v) is 12.8. The average molecular weight is 901 g/mol. The lowest BCUT2D eigenvalue weighted by molar-refractivity contribution is -0.139. The Morgan fingerprint density at radius 1 is 0.377 bits per heavy atom. The molecule has 9 aromatic rings. The molecule has 0 saturated heterocycles. The first-order valence-electron chi connectivity index (χ1n) is 23.0. The van der Waals surface area contributed by atoms with Gasteiger partial charge in [0.25, 0.3) is 0 Å². The van der Waals surface area contributed by atoms with Crippen LogP contribution in [0.4, 0.5) is 0 Å². The Morgan fingerprint density at radius 2 is 0.739 bits per heavy atom. The Labute approximate surface area is 402 Å². The molecule has 0 saturated carbocycles. The molecule has 336 valence electrons. The molecule has 0 heterocycles. The van der Waals surface area contributed by atoms with Gasteiger partial charge in [-0.1, -0.05) is 183 Å². The van der Waals surface area contributed by atoms with Gasteiger partial charge in [-0.3, -0.25) is 0 Å². The number of esters is 2. The fourth-order valence-electron chi connectivity index (χ4n) is 9.77. The number of ether oxygens (including phenoxy) is 4. The highest BCUT2D eigenvalue weighted by Gasteiger charge is 2.48. The molecule has 10 rings (SSSR count). The molecule has 0 aromatic heterocycles. The van der Waals surface area contributed by atoms with Gasteiger partial charge in [-0.25, -0.2) is 9.59 Å². The van der Waals surface area contributed by atoms with E-state index in [1.54, 1.807) is 0 Å². The van der Waals surface area contributed by atoms with Crippen LogP contribution >= 0.6 is 0 Å². The van der Waals surface area contributed by atoms with Crippen molar-refractivity contribution in [2.45, 2.75) is 5.41 Å². The number of carbonyl (C=O) groups is 2. The zero-order valence-electron chi connectivity index (χ0n) is 38.0. The van der Waals surface area contributed by atoms with Crippen molar-refractivity contribution in [2.24, 2.45) is 0 Å². The van der Waals surface area contributed by atoms with E-state index < -0.39 is 17.4 Å². The minimum Gasteiger partial charge on any atom is -0.489 e. The summed E-state index contributed by atoms with van der Waals surface area (Å²) in [5, 5.41) is 2.27. The second kappa shape index (κ2) is 19.6. The average Bonchev–Trinajstić information content (AvgIpc) is 3.70. The van der Waals surface area contributed by atoms with Gasteiger partial charge < -0.3 is 18.9 Å². The fourth-order valence-corrected chi connectivity index (χ4v) is 9.77. The summed E-state index contributed by atoms with van der Waals surface area (Å²) in [7, 11) is 0. The smallest absolute Gasteiger partial charge is 0.330 e. The maximum Gasteiger partial charge on any atom is 0.330 e. The van der Waals surface area contributed by atoms with Crippen LogP contribution in [0.3, 0.4) is 0 Å². The van der Waals surface area contributed by atoms with Crippen molar-refractivity contribution in [2.75, 3.05) is 26.4 Å². The van der Waals surface area contributed by atoms with Crippen molar-refractivity contribution in [3.8, 4) is 67.1 Å². The highest BCUT2D eigenvalue weighted by Crippen LogP contribution is 2.60. The van der Waals surface area contributed by atoms with Crippen LogP contribution in [-0.4, -0.2) is 38.4 Å². The second-order valence-electron chi connectivity index (χ2n) is 16.7. The fraction of sp³-hybridized carbons (Fsp3) is 0.0794. The zero-order chi connectivity index (χ0) is 47.2. The molecule has 0 amide bonds. The molecule has 0 bridgehead atoms. The summed E-state index contributed by atoms with van der Waals surface area (Å²) in [5.74, 6) is 0.320. The monoisotopic (exact) mass is 900 g/mol. The van der Waals surface area contributed by atoms with Crippen molar-refractivity contribution in [3.05, 3.63) is 254 Å². The number of hydrogen-bond donors (Lipinski definition) is 0. The standard InChI is InChI=1S/C63H48O6/c1-3-59(64)66-33-35-68-61-52(43-21-9-5-10-22-43)39-49(40-53(61)44-23-11-6-12-24-44)63(57-32-20-19-31-51(57)56-37-47-29-17-18-30-48(47)38-58(56)63)50-41-54(45-25-13-7-14-26-45)62(69-36-34-67-60(65)4-2)55(42-50)46-27-15-8-16-28-46/h3-32,37-42H,1-2,33-36H2. The zero-order valence-corrected chi connectivity index (χ0v) is 38.0. The predicted octanol–water partition coefficient (Wildman–Crippen LogP) is 14.1. The van der Waals surface area contributed by atoms with E-state index in [1.165, 1.54) is 0 Å². The molecule has 69 heavy (non-hydrogen) atoms. The summed E-state index contributed by atoms with van der Waals surface area (Å²) in [4.78, 5) is 24.3. The minimum atomic E-state index is -0.938. The minimum absolute atomic E-state index is 0.0441. The Hall–Kier alpha value is -8.74.